The Kier molecular flexibility index (Phi) is 6.00. The van der Waals surface area contributed by atoms with Gasteiger partial charge in [-0.15, -0.1) is 10.2 Å². The van der Waals surface area contributed by atoms with Crippen molar-refractivity contribution in [3.63, 3.8) is 0 Å². The number of aromatic nitrogens is 3. The summed E-state index contributed by atoms with van der Waals surface area (Å²) in [7, 11) is 0. The summed E-state index contributed by atoms with van der Waals surface area (Å²) in [6, 6.07) is 16.2. The summed E-state index contributed by atoms with van der Waals surface area (Å²) in [4.78, 5) is 19.4. The van der Waals surface area contributed by atoms with Crippen molar-refractivity contribution >= 4 is 17.5 Å². The number of amides is 1. The third-order valence-electron chi connectivity index (χ3n) is 6.51. The van der Waals surface area contributed by atoms with Crippen molar-refractivity contribution in [3.8, 4) is 5.69 Å². The second-order valence-corrected chi connectivity index (χ2v) is 8.63. The number of carbonyl (C=O) groups is 1. The van der Waals surface area contributed by atoms with E-state index in [-0.39, 0.29) is 5.91 Å². The molecule has 0 radical (unpaired) electrons. The van der Waals surface area contributed by atoms with Crippen LogP contribution in [-0.2, 0) is 4.74 Å². The second-order valence-electron chi connectivity index (χ2n) is 8.63. The van der Waals surface area contributed by atoms with Crippen molar-refractivity contribution < 1.29 is 9.53 Å². The predicted molar refractivity (Wildman–Crippen MR) is 128 cm³/mol. The molecule has 172 valence electrons. The number of carbonyl (C=O) groups excluding carboxylic acids is 1. The zero-order valence-corrected chi connectivity index (χ0v) is 19.3. The van der Waals surface area contributed by atoms with Crippen molar-refractivity contribution in [1.29, 1.82) is 0 Å². The van der Waals surface area contributed by atoms with Crippen LogP contribution in [0.4, 0.5) is 11.6 Å². The van der Waals surface area contributed by atoms with E-state index in [1.165, 1.54) is 11.4 Å². The highest BCUT2D eigenvalue weighted by Gasteiger charge is 2.23. The fraction of sp³-hybridized carbons (Fsp3) is 0.400. The molecule has 1 amide bonds. The number of rotatable bonds is 4. The number of hydrogen-bond donors (Lipinski definition) is 0. The third kappa shape index (κ3) is 4.43. The summed E-state index contributed by atoms with van der Waals surface area (Å²) in [5.74, 6) is 1.83. The van der Waals surface area contributed by atoms with Crippen LogP contribution >= 0.6 is 0 Å². The molecule has 0 aliphatic carbocycles. The summed E-state index contributed by atoms with van der Waals surface area (Å²) in [5, 5.41) is 8.86. The topological polar surface area (TPSA) is 66.7 Å². The van der Waals surface area contributed by atoms with Gasteiger partial charge < -0.3 is 24.0 Å². The number of morpholine rings is 1. The Morgan fingerprint density at radius 2 is 1.27 bits per heavy atom. The van der Waals surface area contributed by atoms with Crippen LogP contribution in [0.5, 0.6) is 0 Å². The van der Waals surface area contributed by atoms with E-state index in [2.05, 4.69) is 50.5 Å². The fourth-order valence-electron chi connectivity index (χ4n) is 4.60. The van der Waals surface area contributed by atoms with E-state index in [4.69, 9.17) is 4.74 Å². The molecule has 0 unspecified atom stereocenters. The van der Waals surface area contributed by atoms with Gasteiger partial charge in [-0.25, -0.2) is 0 Å². The molecule has 2 aliphatic rings. The van der Waals surface area contributed by atoms with E-state index < -0.39 is 0 Å². The van der Waals surface area contributed by atoms with Gasteiger partial charge in [0.1, 0.15) is 0 Å². The SMILES string of the molecule is Cc1ccc(C)n1-c1ccc(C(=O)N2CCN(c3ccc(N4CCOCC4)nn3)CC2)cc1. The molecule has 2 aromatic heterocycles. The molecule has 1 aromatic carbocycles. The van der Waals surface area contributed by atoms with Crippen LogP contribution < -0.4 is 9.80 Å². The molecule has 2 aliphatic heterocycles. The highest BCUT2D eigenvalue weighted by atomic mass is 16.5. The van der Waals surface area contributed by atoms with Crippen LogP contribution in [0.1, 0.15) is 21.7 Å². The third-order valence-corrected chi connectivity index (χ3v) is 6.51. The summed E-state index contributed by atoms with van der Waals surface area (Å²) < 4.78 is 7.59. The molecular weight excluding hydrogens is 416 g/mol. The van der Waals surface area contributed by atoms with E-state index >= 15 is 0 Å². The maximum Gasteiger partial charge on any atom is 0.253 e. The van der Waals surface area contributed by atoms with Crippen molar-refractivity contribution in [2.75, 3.05) is 62.3 Å². The molecule has 2 fully saturated rings. The molecule has 0 spiro atoms. The molecule has 0 saturated carbocycles. The number of ether oxygens (including phenoxy) is 1. The first-order valence-electron chi connectivity index (χ1n) is 11.6. The highest BCUT2D eigenvalue weighted by Crippen LogP contribution is 2.20. The van der Waals surface area contributed by atoms with Crippen molar-refractivity contribution in [3.05, 3.63) is 65.5 Å². The zero-order valence-electron chi connectivity index (χ0n) is 19.3. The van der Waals surface area contributed by atoms with E-state index in [0.717, 1.165) is 62.3 Å². The Labute approximate surface area is 194 Å². The quantitative estimate of drug-likeness (QED) is 0.614. The van der Waals surface area contributed by atoms with E-state index in [1.807, 2.05) is 41.3 Å². The minimum absolute atomic E-state index is 0.0795. The monoisotopic (exact) mass is 446 g/mol. The van der Waals surface area contributed by atoms with Crippen molar-refractivity contribution in [2.45, 2.75) is 13.8 Å². The molecule has 0 bridgehead atoms. The number of benzene rings is 1. The zero-order chi connectivity index (χ0) is 22.8. The minimum atomic E-state index is 0.0795. The summed E-state index contributed by atoms with van der Waals surface area (Å²) in [5.41, 5.74) is 4.17. The highest BCUT2D eigenvalue weighted by molar-refractivity contribution is 5.94. The van der Waals surface area contributed by atoms with Crippen molar-refractivity contribution in [1.82, 2.24) is 19.7 Å². The van der Waals surface area contributed by atoms with Gasteiger partial charge in [0.25, 0.3) is 5.91 Å². The van der Waals surface area contributed by atoms with Crippen LogP contribution in [0.3, 0.4) is 0 Å². The Morgan fingerprint density at radius 1 is 0.727 bits per heavy atom. The Morgan fingerprint density at radius 3 is 1.82 bits per heavy atom. The van der Waals surface area contributed by atoms with Crippen LogP contribution in [0.2, 0.25) is 0 Å². The average Bonchev–Trinajstić information content (AvgIpc) is 3.22. The number of piperazine rings is 1. The van der Waals surface area contributed by atoms with Crippen LogP contribution in [0, 0.1) is 13.8 Å². The summed E-state index contributed by atoms with van der Waals surface area (Å²) in [6.07, 6.45) is 0. The fourth-order valence-corrected chi connectivity index (χ4v) is 4.60. The van der Waals surface area contributed by atoms with E-state index in [0.29, 0.717) is 13.1 Å². The molecule has 5 rings (SSSR count). The lowest BCUT2D eigenvalue weighted by atomic mass is 10.1. The Hall–Kier alpha value is -3.39. The van der Waals surface area contributed by atoms with Gasteiger partial charge >= 0.3 is 0 Å². The van der Waals surface area contributed by atoms with Crippen LogP contribution in [0.25, 0.3) is 5.69 Å². The van der Waals surface area contributed by atoms with Crippen LogP contribution in [-0.4, -0.2) is 78.1 Å². The van der Waals surface area contributed by atoms with Gasteiger partial charge in [-0.2, -0.15) is 0 Å². The normalized spacial score (nSPS) is 16.8. The summed E-state index contributed by atoms with van der Waals surface area (Å²) in [6.45, 7) is 10.2. The number of aryl methyl sites for hydroxylation is 2. The number of hydrogen-bond acceptors (Lipinski definition) is 6. The van der Waals surface area contributed by atoms with Gasteiger partial charge in [-0.1, -0.05) is 0 Å². The first-order chi connectivity index (χ1) is 16.1. The molecule has 3 aromatic rings. The lowest BCUT2D eigenvalue weighted by molar-refractivity contribution is 0.0746. The molecule has 33 heavy (non-hydrogen) atoms. The van der Waals surface area contributed by atoms with Gasteiger partial charge in [0.15, 0.2) is 11.6 Å². The van der Waals surface area contributed by atoms with Crippen LogP contribution in [0.15, 0.2) is 48.5 Å². The predicted octanol–water partition coefficient (Wildman–Crippen LogP) is 2.68. The molecule has 0 atom stereocenters. The van der Waals surface area contributed by atoms with Gasteiger partial charge in [0, 0.05) is 61.9 Å². The van der Waals surface area contributed by atoms with Gasteiger partial charge in [0.05, 0.1) is 13.2 Å². The maximum atomic E-state index is 13.1. The minimum Gasteiger partial charge on any atom is -0.378 e. The van der Waals surface area contributed by atoms with Gasteiger partial charge in [0.2, 0.25) is 0 Å². The lowest BCUT2D eigenvalue weighted by Gasteiger charge is -2.35. The maximum absolute atomic E-state index is 13.1. The first-order valence-corrected chi connectivity index (χ1v) is 11.6. The largest absolute Gasteiger partial charge is 0.378 e. The molecule has 2 saturated heterocycles. The summed E-state index contributed by atoms with van der Waals surface area (Å²) >= 11 is 0. The average molecular weight is 447 g/mol. The number of nitrogens with zero attached hydrogens (tertiary/aromatic N) is 6. The van der Waals surface area contributed by atoms with E-state index in [1.54, 1.807) is 0 Å². The molecule has 8 heteroatoms. The van der Waals surface area contributed by atoms with Crippen molar-refractivity contribution in [2.24, 2.45) is 0 Å². The Bertz CT molecular complexity index is 1080. The Balaban J connectivity index is 1.19. The number of anilines is 2. The first kappa shape index (κ1) is 21.5. The smallest absolute Gasteiger partial charge is 0.253 e. The molecule has 8 nitrogen and oxygen atoms in total. The molecule has 4 heterocycles. The standard InChI is InChI=1S/C25H30N6O2/c1-19-3-4-20(2)31(19)22-7-5-21(6-8-22)25(32)30-13-11-28(12-14-30)23-9-10-24(27-26-23)29-15-17-33-18-16-29/h3-10H,11-18H2,1-2H3. The van der Waals surface area contributed by atoms with E-state index in [9.17, 15) is 4.79 Å². The second kappa shape index (κ2) is 9.23. The van der Waals surface area contributed by atoms with Gasteiger partial charge in [-0.05, 0) is 62.4 Å². The molecular formula is C25H30N6O2. The molecule has 0 N–H and O–H groups in total. The van der Waals surface area contributed by atoms with Gasteiger partial charge in [-0.3, -0.25) is 4.79 Å². The lowest BCUT2D eigenvalue weighted by Crippen LogP contribution is -2.49.